The number of rotatable bonds is 8. The van der Waals surface area contributed by atoms with E-state index < -0.39 is 16.1 Å². The summed E-state index contributed by atoms with van der Waals surface area (Å²) >= 11 is 0. The molecule has 1 N–H and O–H groups in total. The molecule has 5 aromatic rings. The lowest BCUT2D eigenvalue weighted by atomic mass is 10.1. The van der Waals surface area contributed by atoms with E-state index in [0.717, 1.165) is 46.6 Å². The van der Waals surface area contributed by atoms with E-state index in [0.29, 0.717) is 24.3 Å². The summed E-state index contributed by atoms with van der Waals surface area (Å²) in [4.78, 5) is 15.3. The number of aromatic nitrogens is 1. The zero-order valence-electron chi connectivity index (χ0n) is 23.7. The van der Waals surface area contributed by atoms with Gasteiger partial charge < -0.3 is 14.6 Å². The predicted octanol–water partition coefficient (Wildman–Crippen LogP) is 5.99. The number of carbonyl (C=O) groups excluding carboxylic acids is 1. The fourth-order valence-corrected chi connectivity index (χ4v) is 7.41. The molecule has 1 amide bonds. The molecular weight excluding hydrogens is 546 g/mol. The standard InChI is InChI=1S/C34H35N3O4S/c1-25-16-18-29(19-17-25)42(40,41)37(27-11-9-10-26(22-27)34(39)35-20-7-2-8-21-35)24-28(38)23-36-32-14-5-3-12-30(32)31-13-4-6-15-33(31)36/h3-6,9-19,22,28,38H,2,7-8,20-21,23-24H2,1H3/t28-/m0/s1. The third kappa shape index (κ3) is 5.40. The van der Waals surface area contributed by atoms with Crippen LogP contribution in [-0.4, -0.2) is 54.6 Å². The van der Waals surface area contributed by atoms with Crippen molar-refractivity contribution in [3.05, 3.63) is 108 Å². The number of para-hydroxylation sites is 2. The second-order valence-corrected chi connectivity index (χ2v) is 12.9. The lowest BCUT2D eigenvalue weighted by Crippen LogP contribution is -2.39. The molecule has 0 aliphatic carbocycles. The number of fused-ring (bicyclic) bond motifs is 3. The molecule has 0 bridgehead atoms. The van der Waals surface area contributed by atoms with Crippen molar-refractivity contribution in [1.82, 2.24) is 9.47 Å². The maximum absolute atomic E-state index is 14.1. The van der Waals surface area contributed by atoms with Gasteiger partial charge in [0.15, 0.2) is 0 Å². The van der Waals surface area contributed by atoms with Gasteiger partial charge >= 0.3 is 0 Å². The summed E-state index contributed by atoms with van der Waals surface area (Å²) in [7, 11) is -4.06. The van der Waals surface area contributed by atoms with E-state index in [-0.39, 0.29) is 23.9 Å². The van der Waals surface area contributed by atoms with E-state index in [2.05, 4.69) is 12.1 Å². The largest absolute Gasteiger partial charge is 0.389 e. The summed E-state index contributed by atoms with van der Waals surface area (Å²) in [6, 6.07) is 29.5. The molecule has 1 aromatic heterocycles. The van der Waals surface area contributed by atoms with Crippen LogP contribution in [0.1, 0.15) is 35.2 Å². The Labute approximate surface area is 246 Å². The lowest BCUT2D eigenvalue weighted by Gasteiger charge is -2.29. The summed E-state index contributed by atoms with van der Waals surface area (Å²) in [5.41, 5.74) is 3.68. The van der Waals surface area contributed by atoms with Crippen molar-refractivity contribution in [3.8, 4) is 0 Å². The van der Waals surface area contributed by atoms with Crippen molar-refractivity contribution in [3.63, 3.8) is 0 Å². The third-order valence-electron chi connectivity index (χ3n) is 8.08. The van der Waals surface area contributed by atoms with E-state index in [1.54, 1.807) is 48.5 Å². The van der Waals surface area contributed by atoms with Crippen molar-refractivity contribution in [2.45, 2.75) is 43.7 Å². The van der Waals surface area contributed by atoms with E-state index in [1.807, 2.05) is 52.8 Å². The van der Waals surface area contributed by atoms with Crippen LogP contribution in [0, 0.1) is 6.92 Å². The number of aliphatic hydroxyl groups excluding tert-OH is 1. The quantitative estimate of drug-likeness (QED) is 0.244. The minimum absolute atomic E-state index is 0.102. The summed E-state index contributed by atoms with van der Waals surface area (Å²) in [6.45, 7) is 3.32. The monoisotopic (exact) mass is 581 g/mol. The number of anilines is 1. The molecule has 42 heavy (non-hydrogen) atoms. The highest BCUT2D eigenvalue weighted by atomic mass is 32.2. The minimum atomic E-state index is -4.06. The second-order valence-electron chi connectivity index (χ2n) is 11.1. The predicted molar refractivity (Wildman–Crippen MR) is 167 cm³/mol. The topological polar surface area (TPSA) is 82.8 Å². The zero-order valence-corrected chi connectivity index (χ0v) is 24.5. The van der Waals surface area contributed by atoms with Gasteiger partial charge in [0, 0.05) is 40.5 Å². The van der Waals surface area contributed by atoms with Gasteiger partial charge in [-0.25, -0.2) is 8.42 Å². The van der Waals surface area contributed by atoms with E-state index >= 15 is 0 Å². The van der Waals surface area contributed by atoms with Crippen molar-refractivity contribution in [2.24, 2.45) is 0 Å². The average molecular weight is 582 g/mol. The number of likely N-dealkylation sites (tertiary alicyclic amines) is 1. The van der Waals surface area contributed by atoms with Gasteiger partial charge in [0.05, 0.1) is 29.8 Å². The third-order valence-corrected chi connectivity index (χ3v) is 9.89. The molecule has 216 valence electrons. The number of sulfonamides is 1. The Kier molecular flexibility index (Phi) is 7.75. The lowest BCUT2D eigenvalue weighted by molar-refractivity contribution is 0.0724. The maximum atomic E-state index is 14.1. The molecule has 0 radical (unpaired) electrons. The number of hydrogen-bond donors (Lipinski definition) is 1. The highest BCUT2D eigenvalue weighted by Gasteiger charge is 2.29. The smallest absolute Gasteiger partial charge is 0.264 e. The van der Waals surface area contributed by atoms with Gasteiger partial charge in [-0.2, -0.15) is 0 Å². The Hall–Kier alpha value is -4.14. The molecule has 1 saturated heterocycles. The van der Waals surface area contributed by atoms with Crippen LogP contribution in [-0.2, 0) is 16.6 Å². The molecule has 7 nitrogen and oxygen atoms in total. The molecule has 1 aliphatic rings. The van der Waals surface area contributed by atoms with E-state index in [4.69, 9.17) is 0 Å². The van der Waals surface area contributed by atoms with Crippen LogP contribution in [0.5, 0.6) is 0 Å². The summed E-state index contributed by atoms with van der Waals surface area (Å²) in [5, 5.41) is 13.7. The Balaban J connectivity index is 1.37. The summed E-state index contributed by atoms with van der Waals surface area (Å²) < 4.78 is 31.5. The van der Waals surface area contributed by atoms with Gasteiger partial charge in [0.2, 0.25) is 0 Å². The Morgan fingerprint density at radius 2 is 1.45 bits per heavy atom. The first kappa shape index (κ1) is 28.0. The van der Waals surface area contributed by atoms with Crippen LogP contribution in [0.2, 0.25) is 0 Å². The Bertz CT molecular complexity index is 1790. The molecule has 1 aliphatic heterocycles. The first-order valence-corrected chi connectivity index (χ1v) is 15.9. The molecule has 0 unspecified atom stereocenters. The van der Waals surface area contributed by atoms with E-state index in [9.17, 15) is 18.3 Å². The minimum Gasteiger partial charge on any atom is -0.389 e. The number of benzene rings is 4. The van der Waals surface area contributed by atoms with Crippen molar-refractivity contribution >= 4 is 43.4 Å². The number of piperidine rings is 1. The van der Waals surface area contributed by atoms with Gasteiger partial charge in [-0.1, -0.05) is 60.2 Å². The van der Waals surface area contributed by atoms with Gasteiger partial charge in [-0.3, -0.25) is 9.10 Å². The van der Waals surface area contributed by atoms with Crippen LogP contribution in [0.15, 0.2) is 102 Å². The first-order chi connectivity index (χ1) is 20.3. The molecule has 0 saturated carbocycles. The highest BCUT2D eigenvalue weighted by Crippen LogP contribution is 2.30. The normalized spacial score (nSPS) is 14.8. The molecule has 1 atom stereocenters. The maximum Gasteiger partial charge on any atom is 0.264 e. The molecular formula is C34H35N3O4S. The van der Waals surface area contributed by atoms with Gasteiger partial charge in [0.1, 0.15) is 0 Å². The molecule has 6 rings (SSSR count). The van der Waals surface area contributed by atoms with Gasteiger partial charge in [-0.15, -0.1) is 0 Å². The molecule has 1 fully saturated rings. The highest BCUT2D eigenvalue weighted by molar-refractivity contribution is 7.92. The number of aliphatic hydroxyl groups is 1. The van der Waals surface area contributed by atoms with Crippen molar-refractivity contribution in [1.29, 1.82) is 0 Å². The Morgan fingerprint density at radius 3 is 2.10 bits per heavy atom. The number of aryl methyl sites for hydroxylation is 1. The van der Waals surface area contributed by atoms with Gasteiger partial charge in [0.25, 0.3) is 15.9 Å². The fraction of sp³-hybridized carbons (Fsp3) is 0.265. The Morgan fingerprint density at radius 1 is 0.833 bits per heavy atom. The van der Waals surface area contributed by atoms with E-state index in [1.165, 1.54) is 4.31 Å². The molecule has 2 heterocycles. The summed E-state index contributed by atoms with van der Waals surface area (Å²) in [5.74, 6) is -0.102. The van der Waals surface area contributed by atoms with Crippen molar-refractivity contribution in [2.75, 3.05) is 23.9 Å². The number of amides is 1. The fourth-order valence-electron chi connectivity index (χ4n) is 5.91. The molecule has 0 spiro atoms. The van der Waals surface area contributed by atoms with Crippen LogP contribution >= 0.6 is 0 Å². The van der Waals surface area contributed by atoms with Crippen LogP contribution in [0.3, 0.4) is 0 Å². The number of nitrogens with zero attached hydrogens (tertiary/aromatic N) is 3. The number of carbonyl (C=O) groups is 1. The van der Waals surface area contributed by atoms with Crippen molar-refractivity contribution < 1.29 is 18.3 Å². The summed E-state index contributed by atoms with van der Waals surface area (Å²) in [6.07, 6.45) is 2.00. The first-order valence-electron chi connectivity index (χ1n) is 14.5. The second kappa shape index (κ2) is 11.6. The molecule has 8 heteroatoms. The molecule has 4 aromatic carbocycles. The zero-order chi connectivity index (χ0) is 29.3. The van der Waals surface area contributed by atoms with Gasteiger partial charge in [-0.05, 0) is 68.7 Å². The van der Waals surface area contributed by atoms with Crippen LogP contribution in [0.25, 0.3) is 21.8 Å². The number of hydrogen-bond acceptors (Lipinski definition) is 4. The van der Waals surface area contributed by atoms with Crippen LogP contribution in [0.4, 0.5) is 5.69 Å². The average Bonchev–Trinajstić information content (AvgIpc) is 3.33. The SMILES string of the molecule is Cc1ccc(S(=O)(=O)N(C[C@@H](O)Cn2c3ccccc3c3ccccc32)c2cccc(C(=O)N3CCCCC3)c2)cc1. The van der Waals surface area contributed by atoms with Crippen LogP contribution < -0.4 is 4.31 Å².